The molecule has 25 heavy (non-hydrogen) atoms. The summed E-state index contributed by atoms with van der Waals surface area (Å²) < 4.78 is 0. The number of hydrogen-bond donors (Lipinski definition) is 3. The minimum atomic E-state index is -2.51. The van der Waals surface area contributed by atoms with Crippen LogP contribution in [0.2, 0.25) is 0 Å². The molecule has 1 aliphatic carbocycles. The van der Waals surface area contributed by atoms with Crippen molar-refractivity contribution in [2.24, 2.45) is 0 Å². The highest BCUT2D eigenvalue weighted by atomic mass is 16.5. The first kappa shape index (κ1) is 15.6. The lowest BCUT2D eigenvalue weighted by molar-refractivity contribution is -0.159. The predicted molar refractivity (Wildman–Crippen MR) is 95.0 cm³/mol. The molecule has 0 aromatic heterocycles. The number of carboxylic acid groups (broad SMARTS) is 1. The lowest BCUT2D eigenvalue weighted by Gasteiger charge is -2.37. The molecule has 0 unspecified atom stereocenters. The minimum Gasteiger partial charge on any atom is -0.478 e. The minimum absolute atomic E-state index is 0.427. The number of rotatable bonds is 2. The molecule has 4 rings (SSSR count). The highest BCUT2D eigenvalue weighted by molar-refractivity contribution is 5.97. The van der Waals surface area contributed by atoms with Crippen LogP contribution in [0.15, 0.2) is 72.3 Å². The van der Waals surface area contributed by atoms with Gasteiger partial charge in [-0.25, -0.2) is 4.79 Å². The molecule has 0 saturated heterocycles. The average Bonchev–Trinajstić information content (AvgIpc) is 2.60. The Bertz CT molecular complexity index is 1010. The summed E-state index contributed by atoms with van der Waals surface area (Å²) in [4.78, 5) is 11.6. The van der Waals surface area contributed by atoms with Crippen molar-refractivity contribution in [1.29, 1.82) is 0 Å². The Morgan fingerprint density at radius 2 is 1.48 bits per heavy atom. The number of carboxylic acids is 1. The number of fused-ring (bicyclic) bond motifs is 2. The molecule has 4 heteroatoms. The second kappa shape index (κ2) is 5.55. The summed E-state index contributed by atoms with van der Waals surface area (Å²) in [5.74, 6) is -4.75. The topological polar surface area (TPSA) is 77.8 Å². The fourth-order valence-electron chi connectivity index (χ4n) is 3.64. The fraction of sp³-hybridized carbons (Fsp3) is 0.0952. The van der Waals surface area contributed by atoms with E-state index in [0.29, 0.717) is 16.7 Å². The summed E-state index contributed by atoms with van der Waals surface area (Å²) in [5.41, 5.74) is 1.62. The molecule has 0 saturated carbocycles. The monoisotopic (exact) mass is 332 g/mol. The van der Waals surface area contributed by atoms with Gasteiger partial charge >= 0.3 is 5.97 Å². The Morgan fingerprint density at radius 3 is 2.28 bits per heavy atom. The maximum absolute atomic E-state index is 11.6. The normalized spacial score (nSPS) is 18.5. The van der Waals surface area contributed by atoms with Crippen LogP contribution in [0.5, 0.6) is 0 Å². The van der Waals surface area contributed by atoms with Gasteiger partial charge in [-0.05, 0) is 33.5 Å². The molecule has 0 fully saturated rings. The van der Waals surface area contributed by atoms with Gasteiger partial charge in [0.05, 0.1) is 11.5 Å². The van der Waals surface area contributed by atoms with E-state index in [1.165, 1.54) is 6.08 Å². The van der Waals surface area contributed by atoms with E-state index in [-0.39, 0.29) is 0 Å². The van der Waals surface area contributed by atoms with Crippen LogP contribution >= 0.6 is 0 Å². The summed E-state index contributed by atoms with van der Waals surface area (Å²) in [6.45, 7) is 0. The van der Waals surface area contributed by atoms with Gasteiger partial charge in [-0.3, -0.25) is 0 Å². The standard InChI is InChI=1S/C21H16O4/c22-20(23)18-12-14-7-2-4-10-16(14)19(21(18,24)25)17-11-5-8-13-6-1-3-9-15(13)17/h1-12,19,24-25H,(H,22,23)/t19-/m1/s1. The summed E-state index contributed by atoms with van der Waals surface area (Å²) in [6.07, 6.45) is 1.33. The third-order valence-corrected chi connectivity index (χ3v) is 4.77. The molecule has 1 atom stereocenters. The quantitative estimate of drug-likeness (QED) is 0.630. The number of hydrogen-bond acceptors (Lipinski definition) is 3. The summed E-state index contributed by atoms with van der Waals surface area (Å²) >= 11 is 0. The smallest absolute Gasteiger partial charge is 0.337 e. The highest BCUT2D eigenvalue weighted by Gasteiger charge is 2.47. The molecular weight excluding hydrogens is 316 g/mol. The first-order valence-electron chi connectivity index (χ1n) is 7.97. The van der Waals surface area contributed by atoms with Gasteiger partial charge in [0, 0.05) is 0 Å². The number of carbonyl (C=O) groups is 1. The summed E-state index contributed by atoms with van der Waals surface area (Å²) in [6, 6.07) is 20.4. The molecule has 0 heterocycles. The zero-order chi connectivity index (χ0) is 17.6. The third kappa shape index (κ3) is 2.35. The van der Waals surface area contributed by atoms with Crippen molar-refractivity contribution >= 4 is 22.8 Å². The lowest BCUT2D eigenvalue weighted by Crippen LogP contribution is -2.43. The second-order valence-corrected chi connectivity index (χ2v) is 6.22. The van der Waals surface area contributed by atoms with Crippen LogP contribution in [-0.4, -0.2) is 27.1 Å². The summed E-state index contributed by atoms with van der Waals surface area (Å²) in [7, 11) is 0. The van der Waals surface area contributed by atoms with Crippen LogP contribution in [-0.2, 0) is 4.79 Å². The van der Waals surface area contributed by atoms with Crippen LogP contribution in [0, 0.1) is 0 Å². The largest absolute Gasteiger partial charge is 0.478 e. The molecular formula is C21H16O4. The van der Waals surface area contributed by atoms with Gasteiger partial charge in [-0.1, -0.05) is 66.7 Å². The van der Waals surface area contributed by atoms with Gasteiger partial charge in [0.1, 0.15) is 0 Å². The molecule has 124 valence electrons. The fourth-order valence-corrected chi connectivity index (χ4v) is 3.64. The van der Waals surface area contributed by atoms with Gasteiger partial charge < -0.3 is 15.3 Å². The van der Waals surface area contributed by atoms with E-state index in [2.05, 4.69) is 0 Å². The van der Waals surface area contributed by atoms with E-state index >= 15 is 0 Å². The van der Waals surface area contributed by atoms with Crippen molar-refractivity contribution in [1.82, 2.24) is 0 Å². The predicted octanol–water partition coefficient (Wildman–Crippen LogP) is 3.13. The van der Waals surface area contributed by atoms with E-state index in [1.807, 2.05) is 48.5 Å². The van der Waals surface area contributed by atoms with Crippen LogP contribution in [0.25, 0.3) is 16.8 Å². The maximum Gasteiger partial charge on any atom is 0.337 e. The van der Waals surface area contributed by atoms with Crippen LogP contribution in [0.4, 0.5) is 0 Å². The first-order chi connectivity index (χ1) is 12.0. The summed E-state index contributed by atoms with van der Waals surface area (Å²) in [5, 5.41) is 33.0. The molecule has 4 nitrogen and oxygen atoms in total. The van der Waals surface area contributed by atoms with E-state index in [9.17, 15) is 20.1 Å². The molecule has 1 aliphatic rings. The molecule has 0 bridgehead atoms. The average molecular weight is 332 g/mol. The van der Waals surface area contributed by atoms with Crippen LogP contribution < -0.4 is 0 Å². The molecule has 0 aliphatic heterocycles. The Hall–Kier alpha value is -2.95. The van der Waals surface area contributed by atoms with Crippen LogP contribution in [0.1, 0.15) is 22.6 Å². The lowest BCUT2D eigenvalue weighted by atomic mass is 9.73. The van der Waals surface area contributed by atoms with E-state index in [1.54, 1.807) is 18.2 Å². The zero-order valence-electron chi connectivity index (χ0n) is 13.3. The van der Waals surface area contributed by atoms with Crippen molar-refractivity contribution in [3.8, 4) is 0 Å². The molecule has 0 radical (unpaired) electrons. The molecule has 0 spiro atoms. The van der Waals surface area contributed by atoms with Gasteiger partial charge in [-0.15, -0.1) is 0 Å². The Balaban J connectivity index is 2.05. The third-order valence-electron chi connectivity index (χ3n) is 4.77. The zero-order valence-corrected chi connectivity index (χ0v) is 13.3. The Morgan fingerprint density at radius 1 is 0.840 bits per heavy atom. The number of benzene rings is 3. The van der Waals surface area contributed by atoms with Gasteiger partial charge in [0.25, 0.3) is 0 Å². The van der Waals surface area contributed by atoms with Gasteiger partial charge in [0.15, 0.2) is 0 Å². The van der Waals surface area contributed by atoms with Crippen molar-refractivity contribution in [2.45, 2.75) is 11.7 Å². The SMILES string of the molecule is O=C(O)C1=Cc2ccccc2[C@H](c2cccc3ccccc23)C1(O)O. The number of aliphatic hydroxyl groups is 2. The molecule has 3 N–H and O–H groups in total. The Kier molecular flexibility index (Phi) is 3.46. The molecule has 0 amide bonds. The van der Waals surface area contributed by atoms with Gasteiger partial charge in [-0.2, -0.15) is 0 Å². The van der Waals surface area contributed by atoms with Crippen molar-refractivity contribution in [3.05, 3.63) is 89.0 Å². The Labute approximate surface area is 144 Å². The number of aliphatic carboxylic acids is 1. The van der Waals surface area contributed by atoms with E-state index in [0.717, 1.165) is 10.8 Å². The highest BCUT2D eigenvalue weighted by Crippen LogP contribution is 2.45. The molecule has 3 aromatic carbocycles. The maximum atomic E-state index is 11.6. The second-order valence-electron chi connectivity index (χ2n) is 6.22. The van der Waals surface area contributed by atoms with E-state index in [4.69, 9.17) is 0 Å². The van der Waals surface area contributed by atoms with Crippen molar-refractivity contribution < 1.29 is 20.1 Å². The first-order valence-corrected chi connectivity index (χ1v) is 7.97. The van der Waals surface area contributed by atoms with Crippen LogP contribution in [0.3, 0.4) is 0 Å². The van der Waals surface area contributed by atoms with Gasteiger partial charge in [0.2, 0.25) is 5.79 Å². The van der Waals surface area contributed by atoms with Crippen molar-refractivity contribution in [3.63, 3.8) is 0 Å². The van der Waals surface area contributed by atoms with E-state index < -0.39 is 23.2 Å². The molecule has 3 aromatic rings. The van der Waals surface area contributed by atoms with Crippen molar-refractivity contribution in [2.75, 3.05) is 0 Å².